The van der Waals surface area contributed by atoms with E-state index in [0.29, 0.717) is 5.92 Å². The number of fused-ring (bicyclic) bond motifs is 9. The predicted molar refractivity (Wildman–Crippen MR) is 180 cm³/mol. The standard InChI is InChI=1S/C39H41N3Si/c1-6-28-24-37-39-34(17-12-21-40-39)33-19-18-30-15-10-11-16-32(30)36-25-31(29-13-8-7-9-14-29)20-22-41(36)27(2)23-35(33)42(37)26-38(28)43(3,4)5/h7-17,20-22,24-26,33,35H,2,6,18-19,23H2,1,3-5H3/q+2. The Hall–Kier alpha value is -4.15. The lowest BCUT2D eigenvalue weighted by atomic mass is 9.78. The molecule has 2 aromatic carbocycles. The quantitative estimate of drug-likeness (QED) is 0.157. The van der Waals surface area contributed by atoms with Crippen LogP contribution in [0.4, 0.5) is 0 Å². The summed E-state index contributed by atoms with van der Waals surface area (Å²) in [6.45, 7) is 14.5. The maximum atomic E-state index is 5.02. The smallest absolute Gasteiger partial charge is 0.231 e. The van der Waals surface area contributed by atoms with Gasteiger partial charge in [0.15, 0.2) is 24.1 Å². The molecule has 2 aliphatic heterocycles. The highest BCUT2D eigenvalue weighted by molar-refractivity contribution is 6.89. The number of pyridine rings is 3. The molecule has 0 bridgehead atoms. The summed E-state index contributed by atoms with van der Waals surface area (Å²) in [4.78, 5) is 5.02. The molecular formula is C39H41N3Si+2. The third-order valence-corrected chi connectivity index (χ3v) is 11.6. The van der Waals surface area contributed by atoms with Crippen LogP contribution >= 0.6 is 0 Å². The van der Waals surface area contributed by atoms with Crippen molar-refractivity contribution < 1.29 is 9.13 Å². The molecule has 2 unspecified atom stereocenters. The van der Waals surface area contributed by atoms with E-state index in [1.807, 2.05) is 6.20 Å². The molecule has 3 aromatic heterocycles. The molecule has 0 N–H and O–H groups in total. The van der Waals surface area contributed by atoms with Gasteiger partial charge in [-0.15, -0.1) is 0 Å². The maximum absolute atomic E-state index is 5.02. The summed E-state index contributed by atoms with van der Waals surface area (Å²) in [6.07, 6.45) is 10.7. The molecule has 4 heteroatoms. The lowest BCUT2D eigenvalue weighted by Crippen LogP contribution is -2.54. The van der Waals surface area contributed by atoms with E-state index in [0.717, 1.165) is 37.1 Å². The molecule has 0 saturated heterocycles. The number of aromatic nitrogens is 3. The first-order valence-corrected chi connectivity index (χ1v) is 19.2. The van der Waals surface area contributed by atoms with Crippen molar-refractivity contribution in [1.82, 2.24) is 4.98 Å². The normalized spacial score (nSPS) is 17.6. The minimum Gasteiger partial charge on any atom is -0.250 e. The molecule has 0 aliphatic carbocycles. The van der Waals surface area contributed by atoms with E-state index in [9.17, 15) is 0 Å². The first-order chi connectivity index (χ1) is 20.8. The molecule has 214 valence electrons. The van der Waals surface area contributed by atoms with E-state index >= 15 is 0 Å². The fourth-order valence-electron chi connectivity index (χ4n) is 7.39. The summed E-state index contributed by atoms with van der Waals surface area (Å²) < 4.78 is 4.95. The Labute approximate surface area is 257 Å². The van der Waals surface area contributed by atoms with Crippen LogP contribution < -0.4 is 14.3 Å². The molecule has 5 aromatic rings. The summed E-state index contributed by atoms with van der Waals surface area (Å²) in [6, 6.07) is 31.4. The van der Waals surface area contributed by atoms with Gasteiger partial charge in [0, 0.05) is 41.1 Å². The third-order valence-electron chi connectivity index (χ3n) is 9.56. The van der Waals surface area contributed by atoms with E-state index in [1.54, 1.807) is 5.19 Å². The second kappa shape index (κ2) is 10.8. The van der Waals surface area contributed by atoms with Crippen LogP contribution in [0.2, 0.25) is 19.6 Å². The molecule has 0 radical (unpaired) electrons. The molecular weight excluding hydrogens is 539 g/mol. The van der Waals surface area contributed by atoms with E-state index in [4.69, 9.17) is 11.6 Å². The van der Waals surface area contributed by atoms with Gasteiger partial charge in [0.1, 0.15) is 5.69 Å². The van der Waals surface area contributed by atoms with E-state index in [2.05, 4.69) is 133 Å². The van der Waals surface area contributed by atoms with Crippen LogP contribution in [0.5, 0.6) is 0 Å². The molecule has 43 heavy (non-hydrogen) atoms. The molecule has 2 atom stereocenters. The van der Waals surface area contributed by atoms with Crippen LogP contribution in [0, 0.1) is 0 Å². The van der Waals surface area contributed by atoms with Crippen molar-refractivity contribution in [3.05, 3.63) is 127 Å². The molecule has 5 heterocycles. The number of nitrogens with zero attached hydrogens (tertiary/aromatic N) is 3. The van der Waals surface area contributed by atoms with Crippen molar-refractivity contribution in [1.29, 1.82) is 0 Å². The van der Waals surface area contributed by atoms with Crippen LogP contribution in [0.15, 0.2) is 110 Å². The molecule has 0 spiro atoms. The number of hydrogen-bond donors (Lipinski definition) is 0. The Bertz CT molecular complexity index is 1850. The highest BCUT2D eigenvalue weighted by atomic mass is 28.3. The van der Waals surface area contributed by atoms with Crippen molar-refractivity contribution in [2.45, 2.75) is 64.2 Å². The number of benzene rings is 2. The minimum absolute atomic E-state index is 0.264. The molecule has 0 fully saturated rings. The van der Waals surface area contributed by atoms with E-state index < -0.39 is 8.07 Å². The molecule has 2 aliphatic rings. The Morgan fingerprint density at radius 1 is 0.884 bits per heavy atom. The fraction of sp³-hybridized carbons (Fsp3) is 0.256. The number of aryl methyl sites for hydroxylation is 2. The Morgan fingerprint density at radius 3 is 2.47 bits per heavy atom. The van der Waals surface area contributed by atoms with Gasteiger partial charge >= 0.3 is 0 Å². The largest absolute Gasteiger partial charge is 0.250 e. The number of hydrogen-bond acceptors (Lipinski definition) is 1. The van der Waals surface area contributed by atoms with Crippen LogP contribution in [0.3, 0.4) is 0 Å². The first-order valence-electron chi connectivity index (χ1n) is 15.7. The molecule has 3 nitrogen and oxygen atoms in total. The second-order valence-corrected chi connectivity index (χ2v) is 18.3. The minimum atomic E-state index is -1.58. The van der Waals surface area contributed by atoms with Crippen LogP contribution in [0.25, 0.3) is 39.5 Å². The van der Waals surface area contributed by atoms with Crippen molar-refractivity contribution in [2.24, 2.45) is 0 Å². The zero-order chi connectivity index (χ0) is 29.7. The second-order valence-electron chi connectivity index (χ2n) is 13.2. The van der Waals surface area contributed by atoms with Crippen LogP contribution in [-0.2, 0) is 12.8 Å². The van der Waals surface area contributed by atoms with Crippen LogP contribution in [0.1, 0.15) is 48.4 Å². The number of rotatable bonds is 3. The van der Waals surface area contributed by atoms with Gasteiger partial charge in [0.25, 0.3) is 0 Å². The summed E-state index contributed by atoms with van der Waals surface area (Å²) in [5.41, 5.74) is 12.7. The first kappa shape index (κ1) is 27.7. The average molecular weight is 580 g/mol. The Balaban J connectivity index is 1.43. The summed E-state index contributed by atoms with van der Waals surface area (Å²) in [5, 5.41) is 1.56. The van der Waals surface area contributed by atoms with Gasteiger partial charge in [-0.1, -0.05) is 81.2 Å². The SMILES string of the molecule is C=C1CC2C(CCc3ccccc3-c3cc(-c4ccccc4)cc[n+]31)c1cccnc1-c1cc(CC)c([Si](C)(C)C)c[n+]12. The van der Waals surface area contributed by atoms with Crippen LogP contribution in [-0.4, -0.2) is 13.1 Å². The molecule has 0 saturated carbocycles. The lowest BCUT2D eigenvalue weighted by Gasteiger charge is -2.32. The van der Waals surface area contributed by atoms with Gasteiger partial charge in [0.05, 0.1) is 14.5 Å². The summed E-state index contributed by atoms with van der Waals surface area (Å²) in [5.74, 6) is 0.346. The van der Waals surface area contributed by atoms with Gasteiger partial charge < -0.3 is 0 Å². The van der Waals surface area contributed by atoms with Crippen molar-refractivity contribution in [3.63, 3.8) is 0 Å². The zero-order valence-corrected chi connectivity index (χ0v) is 26.8. The van der Waals surface area contributed by atoms with Gasteiger partial charge in [-0.05, 0) is 65.8 Å². The molecule has 7 rings (SSSR count). The highest BCUT2D eigenvalue weighted by Crippen LogP contribution is 2.43. The predicted octanol–water partition coefficient (Wildman–Crippen LogP) is 7.91. The van der Waals surface area contributed by atoms with Crippen molar-refractivity contribution in [2.75, 3.05) is 0 Å². The third kappa shape index (κ3) is 4.88. The monoisotopic (exact) mass is 579 g/mol. The topological polar surface area (TPSA) is 20.6 Å². The summed E-state index contributed by atoms with van der Waals surface area (Å²) >= 11 is 0. The van der Waals surface area contributed by atoms with Gasteiger partial charge in [-0.3, -0.25) is 0 Å². The average Bonchev–Trinajstić information content (AvgIpc) is 3.03. The van der Waals surface area contributed by atoms with Gasteiger partial charge in [0.2, 0.25) is 11.4 Å². The molecule has 0 amide bonds. The van der Waals surface area contributed by atoms with Gasteiger partial charge in [-0.25, -0.2) is 4.98 Å². The Kier molecular flexibility index (Phi) is 6.98. The van der Waals surface area contributed by atoms with Crippen molar-refractivity contribution in [3.8, 4) is 33.8 Å². The van der Waals surface area contributed by atoms with Crippen molar-refractivity contribution >= 4 is 19.0 Å². The summed E-state index contributed by atoms with van der Waals surface area (Å²) in [7, 11) is -1.58. The van der Waals surface area contributed by atoms with E-state index in [1.165, 1.54) is 44.8 Å². The lowest BCUT2D eigenvalue weighted by molar-refractivity contribution is -0.719. The maximum Gasteiger partial charge on any atom is 0.231 e. The Morgan fingerprint density at radius 2 is 1.67 bits per heavy atom. The number of allylic oxidation sites excluding steroid dienone is 1. The zero-order valence-electron chi connectivity index (χ0n) is 25.8. The van der Waals surface area contributed by atoms with Gasteiger partial charge in [-0.2, -0.15) is 9.13 Å². The van der Waals surface area contributed by atoms with E-state index in [-0.39, 0.29) is 6.04 Å². The highest BCUT2D eigenvalue weighted by Gasteiger charge is 2.44. The fourth-order valence-corrected chi connectivity index (χ4v) is 9.13.